The average molecular weight is 520 g/mol. The zero-order chi connectivity index (χ0) is 24.8. The maximum atomic E-state index is 13.2. The summed E-state index contributed by atoms with van der Waals surface area (Å²) in [5.74, 6) is -1.05. The van der Waals surface area contributed by atoms with Crippen LogP contribution >= 0.6 is 23.2 Å². The van der Waals surface area contributed by atoms with E-state index in [1.54, 1.807) is 44.2 Å². The average Bonchev–Trinajstić information content (AvgIpc) is 3.06. The Morgan fingerprint density at radius 1 is 0.912 bits per heavy atom. The lowest BCUT2D eigenvalue weighted by Crippen LogP contribution is -2.30. The fourth-order valence-electron chi connectivity index (χ4n) is 3.84. The second kappa shape index (κ2) is 8.94. The number of hydrogen-bond acceptors (Lipinski definition) is 6. The number of ether oxygens (including phenoxy) is 2. The highest BCUT2D eigenvalue weighted by Gasteiger charge is 2.36. The van der Waals surface area contributed by atoms with E-state index in [1.807, 2.05) is 0 Å². The lowest BCUT2D eigenvalue weighted by atomic mass is 10.0. The van der Waals surface area contributed by atoms with Gasteiger partial charge in [0.05, 0.1) is 33.3 Å². The van der Waals surface area contributed by atoms with Crippen LogP contribution in [0.15, 0.2) is 53.4 Å². The van der Waals surface area contributed by atoms with Crippen LogP contribution in [-0.4, -0.2) is 33.3 Å². The molecule has 3 aromatic rings. The maximum Gasteiger partial charge on any atom is 0.343 e. The first-order valence-electron chi connectivity index (χ1n) is 10.0. The van der Waals surface area contributed by atoms with Crippen LogP contribution in [0.1, 0.15) is 31.8 Å². The summed E-state index contributed by atoms with van der Waals surface area (Å²) in [5.41, 5.74) is 1.80. The number of benzene rings is 3. The van der Waals surface area contributed by atoms with Crippen LogP contribution in [0, 0.1) is 13.8 Å². The number of fused-ring (bicyclic) bond motifs is 1. The first-order valence-corrected chi connectivity index (χ1v) is 12.4. The normalized spacial score (nSPS) is 14.0. The molecule has 1 amide bonds. The Hall–Kier alpha value is -3.07. The number of amides is 1. The van der Waals surface area contributed by atoms with E-state index in [-0.39, 0.29) is 37.6 Å². The molecule has 4 rings (SSSR count). The van der Waals surface area contributed by atoms with Crippen molar-refractivity contribution >= 4 is 50.6 Å². The molecule has 3 aromatic carbocycles. The van der Waals surface area contributed by atoms with Crippen LogP contribution in [-0.2, 0) is 9.84 Å². The number of sulfone groups is 1. The molecule has 10 heteroatoms. The van der Waals surface area contributed by atoms with Crippen molar-refractivity contribution in [3.8, 4) is 11.5 Å². The van der Waals surface area contributed by atoms with E-state index in [4.69, 9.17) is 32.7 Å². The third-order valence-electron chi connectivity index (χ3n) is 5.38. The minimum absolute atomic E-state index is 0.124. The third kappa shape index (κ3) is 4.24. The Morgan fingerprint density at radius 2 is 1.50 bits per heavy atom. The number of carbonyl (C=O) groups excluding carboxylic acids is 2. The number of rotatable bonds is 4. The summed E-state index contributed by atoms with van der Waals surface area (Å²) in [6, 6.07) is 12.3. The number of hydrogen-bond donors (Lipinski definition) is 0. The van der Waals surface area contributed by atoms with Crippen molar-refractivity contribution in [2.75, 3.05) is 17.9 Å². The Kier molecular flexibility index (Phi) is 6.33. The topological polar surface area (TPSA) is 90.0 Å². The second-order valence-electron chi connectivity index (χ2n) is 7.75. The number of aryl methyl sites for hydroxylation is 2. The summed E-state index contributed by atoms with van der Waals surface area (Å²) >= 11 is 12.2. The zero-order valence-corrected chi connectivity index (χ0v) is 20.7. The van der Waals surface area contributed by atoms with Crippen molar-refractivity contribution in [3.63, 3.8) is 0 Å². The Morgan fingerprint density at radius 3 is 2.09 bits per heavy atom. The molecule has 0 N–H and O–H groups in total. The number of anilines is 1. The summed E-state index contributed by atoms with van der Waals surface area (Å²) < 4.78 is 35.6. The van der Waals surface area contributed by atoms with E-state index in [0.717, 1.165) is 0 Å². The molecule has 176 valence electrons. The van der Waals surface area contributed by atoms with Gasteiger partial charge in [-0.25, -0.2) is 13.2 Å². The molecule has 0 saturated heterocycles. The molecule has 34 heavy (non-hydrogen) atoms. The number of halogens is 2. The molecule has 0 aromatic heterocycles. The smallest absolute Gasteiger partial charge is 0.343 e. The molecule has 7 nitrogen and oxygen atoms in total. The van der Waals surface area contributed by atoms with Gasteiger partial charge in [0, 0.05) is 5.56 Å². The molecule has 0 bridgehead atoms. The van der Waals surface area contributed by atoms with Gasteiger partial charge in [-0.1, -0.05) is 35.3 Å². The summed E-state index contributed by atoms with van der Waals surface area (Å²) in [6.07, 6.45) is 0. The van der Waals surface area contributed by atoms with Gasteiger partial charge in [0.15, 0.2) is 15.6 Å². The van der Waals surface area contributed by atoms with Crippen LogP contribution in [0.25, 0.3) is 0 Å². The van der Waals surface area contributed by atoms with Gasteiger partial charge in [-0.3, -0.25) is 9.69 Å². The minimum Gasteiger partial charge on any atom is -0.494 e. The Balaban J connectivity index is 1.62. The fraction of sp³-hybridized carbons (Fsp3) is 0.167. The molecular weight excluding hydrogens is 501 g/mol. The van der Waals surface area contributed by atoms with Crippen LogP contribution < -0.4 is 14.4 Å². The predicted octanol–water partition coefficient (Wildman–Crippen LogP) is 5.23. The first-order chi connectivity index (χ1) is 16.0. The molecule has 0 radical (unpaired) electrons. The largest absolute Gasteiger partial charge is 0.494 e. The maximum absolute atomic E-state index is 13.2. The number of esters is 1. The molecule has 0 unspecified atom stereocenters. The molecule has 0 spiro atoms. The molecule has 1 aliphatic rings. The lowest BCUT2D eigenvalue weighted by Gasteiger charge is -2.18. The molecule has 0 fully saturated rings. The van der Waals surface area contributed by atoms with Crippen molar-refractivity contribution in [2.45, 2.75) is 18.7 Å². The monoisotopic (exact) mass is 519 g/mol. The Labute approximate surface area is 206 Å². The van der Waals surface area contributed by atoms with E-state index in [2.05, 4.69) is 0 Å². The second-order valence-corrected chi connectivity index (χ2v) is 10.5. The molecular formula is C24H19Cl2NO6S. The van der Waals surface area contributed by atoms with Gasteiger partial charge in [-0.15, -0.1) is 0 Å². The van der Waals surface area contributed by atoms with Crippen LogP contribution in [0.2, 0.25) is 10.0 Å². The van der Waals surface area contributed by atoms with E-state index in [1.165, 1.54) is 30.2 Å². The highest BCUT2D eigenvalue weighted by Crippen LogP contribution is 2.36. The zero-order valence-electron chi connectivity index (χ0n) is 18.4. The molecule has 1 heterocycles. The highest BCUT2D eigenvalue weighted by atomic mass is 35.5. The highest BCUT2D eigenvalue weighted by molar-refractivity contribution is 7.92. The van der Waals surface area contributed by atoms with Gasteiger partial charge in [0.2, 0.25) is 0 Å². The van der Waals surface area contributed by atoms with Crippen LogP contribution in [0.3, 0.4) is 0 Å². The van der Waals surface area contributed by atoms with Gasteiger partial charge in [-0.2, -0.15) is 0 Å². The van der Waals surface area contributed by atoms with Crippen LogP contribution in [0.5, 0.6) is 11.5 Å². The van der Waals surface area contributed by atoms with E-state index < -0.39 is 27.6 Å². The molecule has 0 aliphatic carbocycles. The first kappa shape index (κ1) is 24.1. The van der Waals surface area contributed by atoms with E-state index in [0.29, 0.717) is 16.8 Å². The predicted molar refractivity (Wildman–Crippen MR) is 129 cm³/mol. The van der Waals surface area contributed by atoms with Crippen molar-refractivity contribution in [1.82, 2.24) is 0 Å². The molecule has 1 aliphatic heterocycles. The summed E-state index contributed by atoms with van der Waals surface area (Å²) in [4.78, 5) is 27.3. The van der Waals surface area contributed by atoms with Crippen LogP contribution in [0.4, 0.5) is 5.69 Å². The quantitative estimate of drug-likeness (QED) is 0.346. The summed E-state index contributed by atoms with van der Waals surface area (Å²) in [7, 11) is -2.18. The van der Waals surface area contributed by atoms with Gasteiger partial charge in [0.1, 0.15) is 11.6 Å². The number of para-hydroxylation sites is 1. The number of methoxy groups -OCH3 is 1. The fourth-order valence-corrected chi connectivity index (χ4v) is 5.99. The molecule has 0 saturated carbocycles. The van der Waals surface area contributed by atoms with Crippen molar-refractivity contribution in [1.29, 1.82) is 0 Å². The SMILES string of the molecule is COc1c(Cl)cc(C(=O)Oc2c(C)cc(C(=O)N3CS(=O)(=O)c4ccccc43)cc2C)cc1Cl. The van der Waals surface area contributed by atoms with Crippen molar-refractivity contribution < 1.29 is 27.5 Å². The van der Waals surface area contributed by atoms with Crippen molar-refractivity contribution in [3.05, 3.63) is 80.8 Å². The van der Waals surface area contributed by atoms with Gasteiger partial charge < -0.3 is 9.47 Å². The molecule has 0 atom stereocenters. The Bertz CT molecular complexity index is 1410. The minimum atomic E-state index is -3.59. The van der Waals surface area contributed by atoms with Gasteiger partial charge in [0.25, 0.3) is 5.91 Å². The van der Waals surface area contributed by atoms with Gasteiger partial charge in [-0.05, 0) is 61.4 Å². The third-order valence-corrected chi connectivity index (χ3v) is 7.55. The summed E-state index contributed by atoms with van der Waals surface area (Å²) in [5, 5.41) is 0.328. The van der Waals surface area contributed by atoms with E-state index in [9.17, 15) is 18.0 Å². The standard InChI is InChI=1S/C24H19Cl2NO6S/c1-13-8-15(23(28)27-12-34(30,31)20-7-5-4-6-19(20)27)9-14(2)21(13)33-24(29)16-10-17(25)22(32-3)18(26)11-16/h4-11H,12H2,1-3H3. The number of carbonyl (C=O) groups is 2. The van der Waals surface area contributed by atoms with E-state index >= 15 is 0 Å². The van der Waals surface area contributed by atoms with Crippen molar-refractivity contribution in [2.24, 2.45) is 0 Å². The number of nitrogens with zero attached hydrogens (tertiary/aromatic N) is 1. The van der Waals surface area contributed by atoms with Gasteiger partial charge >= 0.3 is 5.97 Å². The lowest BCUT2D eigenvalue weighted by molar-refractivity contribution is 0.0732. The summed E-state index contributed by atoms with van der Waals surface area (Å²) in [6.45, 7) is 3.38.